The number of hydrogen-bond donors (Lipinski definition) is 1. The number of para-hydroxylation sites is 1. The Morgan fingerprint density at radius 3 is 2.68 bits per heavy atom. The van der Waals surface area contributed by atoms with Crippen LogP contribution in [-0.2, 0) is 15.8 Å². The molecule has 0 heterocycles. The second-order valence-electron chi connectivity index (χ2n) is 3.80. The minimum atomic E-state index is -3.63. The van der Waals surface area contributed by atoms with Gasteiger partial charge < -0.3 is 0 Å². The molecule has 0 amide bonds. The molecule has 7 nitrogen and oxygen atoms in total. The zero-order valence-electron chi connectivity index (χ0n) is 10.1. The lowest BCUT2D eigenvalue weighted by Crippen LogP contribution is -2.26. The van der Waals surface area contributed by atoms with Gasteiger partial charge in [-0.15, -0.1) is 0 Å². The van der Waals surface area contributed by atoms with Gasteiger partial charge in [0.15, 0.2) is 0 Å². The van der Waals surface area contributed by atoms with E-state index in [1.165, 1.54) is 18.2 Å². The standard InChI is InChI=1S/C11H13N3O4S/c12-7-3-4-8-13-19(17,18)9-10-5-1-2-6-11(10)14(15)16/h1-2,5-6,13H,3-4,8-9H2. The highest BCUT2D eigenvalue weighted by molar-refractivity contribution is 7.88. The number of sulfonamides is 1. The molecule has 1 aromatic carbocycles. The number of rotatable bonds is 7. The van der Waals surface area contributed by atoms with Crippen molar-refractivity contribution in [3.63, 3.8) is 0 Å². The number of benzene rings is 1. The third kappa shape index (κ3) is 5.03. The number of nitrogens with zero attached hydrogens (tertiary/aromatic N) is 2. The number of nitriles is 1. The van der Waals surface area contributed by atoms with Crippen molar-refractivity contribution in [1.82, 2.24) is 4.72 Å². The summed E-state index contributed by atoms with van der Waals surface area (Å²) in [4.78, 5) is 10.2. The monoisotopic (exact) mass is 283 g/mol. The van der Waals surface area contributed by atoms with Crippen LogP contribution in [0, 0.1) is 21.4 Å². The number of nitrogens with one attached hydrogen (secondary N) is 1. The molecule has 0 aliphatic heterocycles. The van der Waals surface area contributed by atoms with Gasteiger partial charge >= 0.3 is 0 Å². The number of nitro groups is 1. The highest BCUT2D eigenvalue weighted by Gasteiger charge is 2.19. The zero-order valence-corrected chi connectivity index (χ0v) is 10.9. The maximum Gasteiger partial charge on any atom is 0.273 e. The highest BCUT2D eigenvalue weighted by Crippen LogP contribution is 2.19. The molecule has 1 aromatic rings. The van der Waals surface area contributed by atoms with Crippen molar-refractivity contribution in [2.45, 2.75) is 18.6 Å². The maximum absolute atomic E-state index is 11.7. The second kappa shape index (κ2) is 6.82. The Kier molecular flexibility index (Phi) is 5.41. The van der Waals surface area contributed by atoms with Crippen LogP contribution in [0.2, 0.25) is 0 Å². The van der Waals surface area contributed by atoms with E-state index in [9.17, 15) is 18.5 Å². The normalized spacial score (nSPS) is 10.9. The summed E-state index contributed by atoms with van der Waals surface area (Å²) in [5, 5.41) is 19.1. The first-order chi connectivity index (χ1) is 8.96. The number of unbranched alkanes of at least 4 members (excludes halogenated alkanes) is 1. The SMILES string of the molecule is N#CCCCNS(=O)(=O)Cc1ccccc1[N+](=O)[O-]. The van der Waals surface area contributed by atoms with Crippen LogP contribution in [0.25, 0.3) is 0 Å². The molecule has 0 saturated carbocycles. The van der Waals surface area contributed by atoms with Crippen LogP contribution in [0.15, 0.2) is 24.3 Å². The first kappa shape index (κ1) is 15.1. The third-order valence-electron chi connectivity index (χ3n) is 2.32. The Hall–Kier alpha value is -1.98. The fourth-order valence-corrected chi connectivity index (χ4v) is 2.67. The lowest BCUT2D eigenvalue weighted by Gasteiger charge is -2.06. The van der Waals surface area contributed by atoms with Crippen molar-refractivity contribution in [2.75, 3.05) is 6.54 Å². The zero-order chi connectivity index (χ0) is 14.3. The molecule has 1 rings (SSSR count). The molecule has 0 radical (unpaired) electrons. The molecule has 19 heavy (non-hydrogen) atoms. The van der Waals surface area contributed by atoms with Gasteiger partial charge in [-0.05, 0) is 6.42 Å². The molecule has 102 valence electrons. The summed E-state index contributed by atoms with van der Waals surface area (Å²) in [6, 6.07) is 7.61. The Morgan fingerprint density at radius 1 is 1.37 bits per heavy atom. The fourth-order valence-electron chi connectivity index (χ4n) is 1.46. The van der Waals surface area contributed by atoms with Gasteiger partial charge in [-0.2, -0.15) is 5.26 Å². The van der Waals surface area contributed by atoms with Gasteiger partial charge in [-0.3, -0.25) is 10.1 Å². The van der Waals surface area contributed by atoms with Crippen LogP contribution in [0.1, 0.15) is 18.4 Å². The lowest BCUT2D eigenvalue weighted by molar-refractivity contribution is -0.385. The Labute approximate surface area is 111 Å². The first-order valence-electron chi connectivity index (χ1n) is 5.53. The molecule has 8 heteroatoms. The van der Waals surface area contributed by atoms with E-state index in [2.05, 4.69) is 4.72 Å². The van der Waals surface area contributed by atoms with E-state index >= 15 is 0 Å². The van der Waals surface area contributed by atoms with Crippen LogP contribution in [0.3, 0.4) is 0 Å². The van der Waals surface area contributed by atoms with E-state index in [1.54, 1.807) is 6.07 Å². The Balaban J connectivity index is 2.73. The smallest absolute Gasteiger partial charge is 0.258 e. The molecule has 0 aliphatic carbocycles. The van der Waals surface area contributed by atoms with Crippen molar-refractivity contribution < 1.29 is 13.3 Å². The Morgan fingerprint density at radius 2 is 2.05 bits per heavy atom. The maximum atomic E-state index is 11.7. The molecule has 0 spiro atoms. The van der Waals surface area contributed by atoms with Gasteiger partial charge in [-0.25, -0.2) is 13.1 Å². The van der Waals surface area contributed by atoms with E-state index in [4.69, 9.17) is 5.26 Å². The second-order valence-corrected chi connectivity index (χ2v) is 5.61. The molecule has 0 bridgehead atoms. The first-order valence-corrected chi connectivity index (χ1v) is 7.18. The van der Waals surface area contributed by atoms with Crippen LogP contribution in [-0.4, -0.2) is 19.9 Å². The van der Waals surface area contributed by atoms with E-state index in [1.807, 2.05) is 6.07 Å². The topological polar surface area (TPSA) is 113 Å². The number of hydrogen-bond acceptors (Lipinski definition) is 5. The average Bonchev–Trinajstić information content (AvgIpc) is 2.34. The molecule has 0 unspecified atom stereocenters. The van der Waals surface area contributed by atoms with Crippen LogP contribution < -0.4 is 4.72 Å². The molecule has 0 atom stereocenters. The quantitative estimate of drug-likeness (QED) is 0.460. The van der Waals surface area contributed by atoms with Gasteiger partial charge in [0.1, 0.15) is 0 Å². The average molecular weight is 283 g/mol. The van der Waals surface area contributed by atoms with Crippen molar-refractivity contribution in [3.05, 3.63) is 39.9 Å². The van der Waals surface area contributed by atoms with Gasteiger partial charge in [0.25, 0.3) is 5.69 Å². The van der Waals surface area contributed by atoms with Gasteiger partial charge in [0.05, 0.1) is 16.7 Å². The van der Waals surface area contributed by atoms with Gasteiger partial charge in [-0.1, -0.05) is 18.2 Å². The summed E-state index contributed by atoms with van der Waals surface area (Å²) in [6.07, 6.45) is 0.667. The summed E-state index contributed by atoms with van der Waals surface area (Å²) in [5.41, 5.74) is -0.0785. The minimum absolute atomic E-state index is 0.139. The predicted octanol–water partition coefficient (Wildman–Crippen LogP) is 1.32. The molecule has 0 saturated heterocycles. The summed E-state index contributed by atoms with van der Waals surface area (Å²) >= 11 is 0. The highest BCUT2D eigenvalue weighted by atomic mass is 32.2. The molecular formula is C11H13N3O4S. The summed E-state index contributed by atoms with van der Waals surface area (Å²) < 4.78 is 25.7. The van der Waals surface area contributed by atoms with Gasteiger partial charge in [0.2, 0.25) is 10.0 Å². The minimum Gasteiger partial charge on any atom is -0.258 e. The van der Waals surface area contributed by atoms with Crippen molar-refractivity contribution >= 4 is 15.7 Å². The van der Waals surface area contributed by atoms with Crippen molar-refractivity contribution in [2.24, 2.45) is 0 Å². The van der Waals surface area contributed by atoms with Crippen LogP contribution in [0.5, 0.6) is 0 Å². The van der Waals surface area contributed by atoms with Crippen LogP contribution in [0.4, 0.5) is 5.69 Å². The molecule has 1 N–H and O–H groups in total. The predicted molar refractivity (Wildman–Crippen MR) is 68.6 cm³/mol. The molecular weight excluding hydrogens is 270 g/mol. The third-order valence-corrected chi connectivity index (χ3v) is 3.66. The summed E-state index contributed by atoms with van der Waals surface area (Å²) in [6.45, 7) is 0.149. The number of nitro benzene ring substituents is 1. The lowest BCUT2D eigenvalue weighted by atomic mass is 10.2. The van der Waals surface area contributed by atoms with Crippen LogP contribution >= 0.6 is 0 Å². The van der Waals surface area contributed by atoms with E-state index in [0.717, 1.165) is 0 Å². The van der Waals surface area contributed by atoms with Gasteiger partial charge in [0, 0.05) is 24.6 Å². The van der Waals surface area contributed by atoms with E-state index in [0.29, 0.717) is 6.42 Å². The van der Waals surface area contributed by atoms with Crippen molar-refractivity contribution in [1.29, 1.82) is 5.26 Å². The summed E-state index contributed by atoms with van der Waals surface area (Å²) in [5.74, 6) is -0.448. The molecule has 0 fully saturated rings. The fraction of sp³-hybridized carbons (Fsp3) is 0.364. The molecule has 0 aliphatic rings. The van der Waals surface area contributed by atoms with Crippen molar-refractivity contribution in [3.8, 4) is 6.07 Å². The Bertz CT molecular complexity index is 592. The van der Waals surface area contributed by atoms with E-state index < -0.39 is 20.7 Å². The summed E-state index contributed by atoms with van der Waals surface area (Å²) in [7, 11) is -3.63. The van der Waals surface area contributed by atoms with E-state index in [-0.39, 0.29) is 24.2 Å². The largest absolute Gasteiger partial charge is 0.273 e. The molecule has 0 aromatic heterocycles.